The monoisotopic (exact) mass is 770 g/mol. The molecule has 53 heavy (non-hydrogen) atoms. The number of aromatic hydroxyl groups is 4. The van der Waals surface area contributed by atoms with Gasteiger partial charge in [-0.15, -0.1) is 0 Å². The van der Waals surface area contributed by atoms with Crippen molar-refractivity contribution in [3.8, 4) is 34.1 Å². The summed E-state index contributed by atoms with van der Waals surface area (Å²) in [5, 5.41) is 42.2. The topological polar surface area (TPSA) is 106 Å². The summed E-state index contributed by atoms with van der Waals surface area (Å²) in [6.45, 7) is 0. The van der Waals surface area contributed by atoms with Crippen molar-refractivity contribution >= 4 is 45.3 Å². The minimum atomic E-state index is 0. The van der Waals surface area contributed by atoms with Crippen LogP contribution in [0.5, 0.6) is 23.0 Å². The maximum Gasteiger partial charge on any atom is 0.124 e. The fourth-order valence-corrected chi connectivity index (χ4v) is 5.59. The van der Waals surface area contributed by atoms with Crippen LogP contribution >= 0.6 is 0 Å². The molecule has 4 N–H and O–H groups in total. The molecule has 0 radical (unpaired) electrons. The van der Waals surface area contributed by atoms with Crippen molar-refractivity contribution in [1.29, 1.82) is 0 Å². The van der Waals surface area contributed by atoms with Gasteiger partial charge in [-0.05, 0) is 82.2 Å². The molecule has 0 spiro atoms. The molecule has 258 valence electrons. The van der Waals surface area contributed by atoms with Crippen LogP contribution in [0.2, 0.25) is 0 Å². The maximum atomic E-state index is 10.3. The van der Waals surface area contributed by atoms with Gasteiger partial charge in [-0.25, -0.2) is 0 Å². The van der Waals surface area contributed by atoms with E-state index in [4.69, 9.17) is 20.2 Å². The van der Waals surface area contributed by atoms with Crippen LogP contribution in [0.15, 0.2) is 192 Å². The van der Waals surface area contributed by atoms with E-state index in [1.165, 1.54) is 0 Å². The van der Waals surface area contributed by atoms with Gasteiger partial charge in [-0.2, -0.15) is 0 Å². The van der Waals surface area contributed by atoms with Crippen molar-refractivity contribution in [2.24, 2.45) is 9.98 Å². The minimum absolute atomic E-state index is 0. The van der Waals surface area contributed by atoms with Gasteiger partial charge in [-0.3, -0.25) is 9.98 Å². The zero-order chi connectivity index (χ0) is 36.1. The van der Waals surface area contributed by atoms with Crippen LogP contribution < -0.4 is 0 Å². The van der Waals surface area contributed by atoms with E-state index >= 15 is 0 Å². The maximum absolute atomic E-state index is 10.3. The Labute approximate surface area is 327 Å². The van der Waals surface area contributed by atoms with Gasteiger partial charge in [0.05, 0.1) is 11.4 Å². The number of fused-ring (bicyclic) bond motifs is 2. The predicted octanol–water partition coefficient (Wildman–Crippen LogP) is 11.4. The molecule has 0 aliphatic heterocycles. The second kappa shape index (κ2) is 18.8. The Morgan fingerprint density at radius 3 is 1.04 bits per heavy atom. The number of aliphatic imine (C=N–C) groups is 2. The second-order valence-electron chi connectivity index (χ2n) is 11.7. The van der Waals surface area contributed by atoms with Crippen LogP contribution in [0.4, 0.5) is 11.4 Å². The third kappa shape index (κ3) is 9.94. The number of benzene rings is 8. The summed E-state index contributed by atoms with van der Waals surface area (Å²) >= 11 is 0. The summed E-state index contributed by atoms with van der Waals surface area (Å²) in [7, 11) is 0. The normalized spacial score (nSPS) is 10.6. The van der Waals surface area contributed by atoms with Gasteiger partial charge in [0.2, 0.25) is 0 Å². The smallest absolute Gasteiger partial charge is 0.124 e. The molecular formula is C46H36N2O4Zr. The van der Waals surface area contributed by atoms with E-state index in [0.717, 1.165) is 44.0 Å². The number of rotatable bonds is 5. The van der Waals surface area contributed by atoms with Gasteiger partial charge in [0.25, 0.3) is 0 Å². The molecule has 0 amide bonds. The molecule has 7 heteroatoms. The molecule has 0 aliphatic rings. The Bertz CT molecular complexity index is 2290. The average Bonchev–Trinajstić information content (AvgIpc) is 3.18. The third-order valence-electron chi connectivity index (χ3n) is 8.14. The van der Waals surface area contributed by atoms with E-state index in [9.17, 15) is 10.2 Å². The molecule has 8 aromatic carbocycles. The predicted molar refractivity (Wildman–Crippen MR) is 214 cm³/mol. The Morgan fingerprint density at radius 1 is 0.340 bits per heavy atom. The van der Waals surface area contributed by atoms with Gasteiger partial charge in [-0.1, -0.05) is 121 Å². The molecule has 0 atom stereocenters. The van der Waals surface area contributed by atoms with E-state index in [1.54, 1.807) is 85.2 Å². The molecule has 0 aromatic heterocycles. The van der Waals surface area contributed by atoms with Crippen molar-refractivity contribution in [3.63, 3.8) is 0 Å². The summed E-state index contributed by atoms with van der Waals surface area (Å²) in [6, 6.07) is 56.3. The Balaban J connectivity index is 0.000000301. The molecule has 0 aliphatic carbocycles. The number of hydrogen-bond acceptors (Lipinski definition) is 6. The molecule has 0 bridgehead atoms. The summed E-state index contributed by atoms with van der Waals surface area (Å²) < 4.78 is 0. The van der Waals surface area contributed by atoms with Crippen LogP contribution in [-0.2, 0) is 26.2 Å². The zero-order valence-electron chi connectivity index (χ0n) is 28.7. The van der Waals surface area contributed by atoms with Crippen molar-refractivity contribution in [1.82, 2.24) is 0 Å². The van der Waals surface area contributed by atoms with Crippen LogP contribution in [0.3, 0.4) is 0 Å². The Hall–Kier alpha value is -6.30. The zero-order valence-corrected chi connectivity index (χ0v) is 31.1. The van der Waals surface area contributed by atoms with Crippen LogP contribution in [0.1, 0.15) is 11.1 Å². The molecule has 6 nitrogen and oxygen atoms in total. The average molecular weight is 772 g/mol. The molecule has 0 heterocycles. The number of phenolic OH excluding ortho intramolecular Hbond substituents is 4. The van der Waals surface area contributed by atoms with Gasteiger partial charge in [0.1, 0.15) is 23.0 Å². The molecule has 0 unspecified atom stereocenters. The largest absolute Gasteiger partial charge is 0.508 e. The van der Waals surface area contributed by atoms with Gasteiger partial charge >= 0.3 is 0 Å². The second-order valence-corrected chi connectivity index (χ2v) is 11.7. The first kappa shape index (κ1) is 37.9. The van der Waals surface area contributed by atoms with E-state index in [-0.39, 0.29) is 37.7 Å². The Kier molecular flexibility index (Phi) is 13.5. The molecule has 0 fully saturated rings. The number of para-hydroxylation sites is 4. The number of phenols is 4. The first-order chi connectivity index (χ1) is 25.5. The van der Waals surface area contributed by atoms with E-state index < -0.39 is 0 Å². The summed E-state index contributed by atoms with van der Waals surface area (Å²) in [5.41, 5.74) is 4.72. The molecular weight excluding hydrogens is 736 g/mol. The van der Waals surface area contributed by atoms with E-state index in [1.807, 2.05) is 72.8 Å². The standard InChI is InChI=1S/C34H24N2O2.2C6H6O.Zr/c37-31-15-7-3-11-25(31)21-35-29-19-17-23-9-1-5-13-27(23)33(29)34-28-14-6-2-10-24(28)18-20-30(34)36-22-26-12-4-8-16-32(26)38;2*7-6-4-2-1-3-5-6;/h1-22,37-38H;2*1-5,7H;. The van der Waals surface area contributed by atoms with Crippen LogP contribution in [-0.4, -0.2) is 32.9 Å². The van der Waals surface area contributed by atoms with Gasteiger partial charge < -0.3 is 20.4 Å². The summed E-state index contributed by atoms with van der Waals surface area (Å²) in [4.78, 5) is 9.73. The van der Waals surface area contributed by atoms with Crippen molar-refractivity contribution in [3.05, 3.63) is 193 Å². The number of hydrogen-bond donors (Lipinski definition) is 4. The van der Waals surface area contributed by atoms with Crippen LogP contribution in [0, 0.1) is 0 Å². The fourth-order valence-electron chi connectivity index (χ4n) is 5.59. The molecule has 0 saturated carbocycles. The van der Waals surface area contributed by atoms with Gasteiger partial charge in [0, 0.05) is 60.9 Å². The van der Waals surface area contributed by atoms with E-state index in [0.29, 0.717) is 22.6 Å². The fraction of sp³-hybridized carbons (Fsp3) is 0. The summed E-state index contributed by atoms with van der Waals surface area (Å²) in [5.74, 6) is 0.999. The third-order valence-corrected chi connectivity index (χ3v) is 8.14. The quantitative estimate of drug-likeness (QED) is 0.131. The Morgan fingerprint density at radius 2 is 0.679 bits per heavy atom. The first-order valence-corrected chi connectivity index (χ1v) is 16.6. The van der Waals surface area contributed by atoms with Crippen molar-refractivity contribution in [2.45, 2.75) is 0 Å². The SMILES string of the molecule is Oc1ccccc1.Oc1ccccc1.Oc1ccccc1C=Nc1ccc2ccccc2c1-c1c(N=Cc2ccccc2O)ccc2ccccc12.[Zr]. The van der Waals surface area contributed by atoms with E-state index in [2.05, 4.69) is 36.4 Å². The first-order valence-electron chi connectivity index (χ1n) is 16.6. The van der Waals surface area contributed by atoms with Crippen molar-refractivity contribution in [2.75, 3.05) is 0 Å². The minimum Gasteiger partial charge on any atom is -0.508 e. The van der Waals surface area contributed by atoms with Crippen LogP contribution in [0.25, 0.3) is 32.7 Å². The molecule has 8 aromatic rings. The summed E-state index contributed by atoms with van der Waals surface area (Å²) in [6.07, 6.45) is 3.39. The molecule has 8 rings (SSSR count). The molecule has 0 saturated heterocycles. The number of nitrogens with zero attached hydrogens (tertiary/aromatic N) is 2. The van der Waals surface area contributed by atoms with Crippen molar-refractivity contribution < 1.29 is 46.6 Å². The van der Waals surface area contributed by atoms with Gasteiger partial charge in [0.15, 0.2) is 0 Å².